The molecule has 8 heteroatoms. The van der Waals surface area contributed by atoms with Crippen LogP contribution in [-0.2, 0) is 9.59 Å². The summed E-state index contributed by atoms with van der Waals surface area (Å²) >= 11 is 7.26. The topological polar surface area (TPSA) is 75.2 Å². The van der Waals surface area contributed by atoms with Crippen LogP contribution in [0.4, 0.5) is 5.13 Å². The third-order valence-corrected chi connectivity index (χ3v) is 7.85. The first-order valence-corrected chi connectivity index (χ1v) is 13.5. The van der Waals surface area contributed by atoms with E-state index in [4.69, 9.17) is 11.6 Å². The van der Waals surface area contributed by atoms with Crippen molar-refractivity contribution in [1.82, 2.24) is 15.1 Å². The van der Waals surface area contributed by atoms with Crippen molar-refractivity contribution in [3.8, 4) is 10.6 Å². The van der Waals surface area contributed by atoms with E-state index in [1.165, 1.54) is 16.9 Å². The van der Waals surface area contributed by atoms with Gasteiger partial charge >= 0.3 is 0 Å². The number of carbonyl (C=O) groups excluding carboxylic acids is 2. The molecule has 4 aromatic rings. The molecule has 3 atom stereocenters. The molecule has 0 radical (unpaired) electrons. The number of nitrogens with zero attached hydrogens (tertiary/aromatic N) is 3. The molecule has 0 saturated heterocycles. The van der Waals surface area contributed by atoms with Gasteiger partial charge in [0.2, 0.25) is 16.9 Å². The van der Waals surface area contributed by atoms with Crippen molar-refractivity contribution in [2.75, 3.05) is 11.9 Å². The summed E-state index contributed by atoms with van der Waals surface area (Å²) in [6, 6.07) is 27.3. The second kappa shape index (κ2) is 11.2. The van der Waals surface area contributed by atoms with Gasteiger partial charge in [0.05, 0.1) is 6.04 Å². The lowest BCUT2D eigenvalue weighted by molar-refractivity contribution is -0.135. The van der Waals surface area contributed by atoms with E-state index in [1.807, 2.05) is 72.5 Å². The second-order valence-corrected chi connectivity index (χ2v) is 10.6. The Morgan fingerprint density at radius 1 is 1.00 bits per heavy atom. The summed E-state index contributed by atoms with van der Waals surface area (Å²) in [5.41, 5.74) is 3.12. The number of carbonyl (C=O) groups is 2. The van der Waals surface area contributed by atoms with Gasteiger partial charge in [0.1, 0.15) is 5.01 Å². The maximum atomic E-state index is 13.6. The van der Waals surface area contributed by atoms with Crippen LogP contribution in [-0.4, -0.2) is 33.5 Å². The van der Waals surface area contributed by atoms with E-state index >= 15 is 0 Å². The Morgan fingerprint density at radius 2 is 1.68 bits per heavy atom. The van der Waals surface area contributed by atoms with Gasteiger partial charge in [-0.2, -0.15) is 0 Å². The van der Waals surface area contributed by atoms with E-state index in [0.29, 0.717) is 21.7 Å². The van der Waals surface area contributed by atoms with Gasteiger partial charge in [-0.25, -0.2) is 0 Å². The Balaban J connectivity index is 1.25. The van der Waals surface area contributed by atoms with Crippen molar-refractivity contribution in [2.45, 2.75) is 31.7 Å². The zero-order chi connectivity index (χ0) is 25.8. The number of anilines is 1. The molecule has 37 heavy (non-hydrogen) atoms. The van der Waals surface area contributed by atoms with E-state index in [0.717, 1.165) is 17.5 Å². The fourth-order valence-corrected chi connectivity index (χ4v) is 5.43. The third kappa shape index (κ3) is 6.06. The molecule has 1 aliphatic rings. The van der Waals surface area contributed by atoms with Crippen LogP contribution < -0.4 is 5.32 Å². The summed E-state index contributed by atoms with van der Waals surface area (Å²) in [6.45, 7) is 2.34. The minimum Gasteiger partial charge on any atom is -0.335 e. The number of nitrogens with one attached hydrogen (secondary N) is 1. The second-order valence-electron chi connectivity index (χ2n) is 9.20. The van der Waals surface area contributed by atoms with Crippen molar-refractivity contribution < 1.29 is 9.59 Å². The Morgan fingerprint density at radius 3 is 2.38 bits per heavy atom. The van der Waals surface area contributed by atoms with E-state index in [-0.39, 0.29) is 36.1 Å². The molecule has 5 rings (SSSR count). The highest BCUT2D eigenvalue weighted by molar-refractivity contribution is 7.18. The molecular weight excluding hydrogens is 504 g/mol. The molecule has 1 aliphatic carbocycles. The predicted octanol–water partition coefficient (Wildman–Crippen LogP) is 6.58. The maximum absolute atomic E-state index is 13.6. The maximum Gasteiger partial charge on any atom is 0.227 e. The Labute approximate surface area is 225 Å². The first-order valence-electron chi connectivity index (χ1n) is 12.3. The molecule has 0 aliphatic heterocycles. The molecule has 3 aromatic carbocycles. The number of aromatic nitrogens is 2. The van der Waals surface area contributed by atoms with Crippen molar-refractivity contribution in [2.24, 2.45) is 5.92 Å². The van der Waals surface area contributed by atoms with Gasteiger partial charge in [-0.3, -0.25) is 9.59 Å². The fraction of sp³-hybridized carbons (Fsp3) is 0.241. The van der Waals surface area contributed by atoms with Crippen molar-refractivity contribution in [3.05, 3.63) is 101 Å². The molecule has 1 N–H and O–H groups in total. The fourth-order valence-electron chi connectivity index (χ4n) is 4.54. The summed E-state index contributed by atoms with van der Waals surface area (Å²) in [6.07, 6.45) is 1.01. The molecule has 2 amide bonds. The zero-order valence-electron chi connectivity index (χ0n) is 20.4. The van der Waals surface area contributed by atoms with E-state index < -0.39 is 0 Å². The SMILES string of the molecule is C[C@H](c1ccccc1)N(CCC(=O)Nc1nnc(-c2ccc(Cl)cc2)s1)C(=O)[C@@H]1C[C@H]1c1ccccc1. The quantitative estimate of drug-likeness (QED) is 0.265. The van der Waals surface area contributed by atoms with Gasteiger partial charge in [-0.05, 0) is 42.5 Å². The van der Waals surface area contributed by atoms with Crippen LogP contribution in [0.2, 0.25) is 5.02 Å². The number of hydrogen-bond acceptors (Lipinski definition) is 5. The lowest BCUT2D eigenvalue weighted by atomic mass is 10.0. The Hall–Kier alpha value is -3.55. The van der Waals surface area contributed by atoms with E-state index in [9.17, 15) is 9.59 Å². The molecular formula is C29H27ClN4O2S. The van der Waals surface area contributed by atoms with Crippen molar-refractivity contribution in [1.29, 1.82) is 0 Å². The normalized spacial score (nSPS) is 17.1. The third-order valence-electron chi connectivity index (χ3n) is 6.71. The molecule has 1 aromatic heterocycles. The van der Waals surface area contributed by atoms with Crippen LogP contribution in [0.3, 0.4) is 0 Å². The average molecular weight is 531 g/mol. The number of amides is 2. The highest BCUT2D eigenvalue weighted by Crippen LogP contribution is 2.49. The Bertz CT molecular complexity index is 1360. The van der Waals surface area contributed by atoms with Crippen LogP contribution in [0.1, 0.15) is 42.9 Å². The van der Waals surface area contributed by atoms with Crippen molar-refractivity contribution in [3.63, 3.8) is 0 Å². The predicted molar refractivity (Wildman–Crippen MR) is 147 cm³/mol. The summed E-state index contributed by atoms with van der Waals surface area (Å²) < 4.78 is 0. The average Bonchev–Trinajstić information content (AvgIpc) is 3.61. The largest absolute Gasteiger partial charge is 0.335 e. The van der Waals surface area contributed by atoms with Crippen LogP contribution in [0.5, 0.6) is 0 Å². The lowest BCUT2D eigenvalue weighted by Gasteiger charge is -2.30. The van der Waals surface area contributed by atoms with Gasteiger partial charge in [0, 0.05) is 29.5 Å². The lowest BCUT2D eigenvalue weighted by Crippen LogP contribution is -2.37. The molecule has 1 fully saturated rings. The summed E-state index contributed by atoms with van der Waals surface area (Å²) in [4.78, 5) is 28.3. The summed E-state index contributed by atoms with van der Waals surface area (Å²) in [5.74, 6) is 0.0774. The van der Waals surface area contributed by atoms with Crippen LogP contribution >= 0.6 is 22.9 Å². The van der Waals surface area contributed by atoms with E-state index in [2.05, 4.69) is 27.6 Å². The highest BCUT2D eigenvalue weighted by Gasteiger charge is 2.46. The molecule has 0 spiro atoms. The first-order chi connectivity index (χ1) is 18.0. The summed E-state index contributed by atoms with van der Waals surface area (Å²) in [7, 11) is 0. The smallest absolute Gasteiger partial charge is 0.227 e. The zero-order valence-corrected chi connectivity index (χ0v) is 22.0. The monoisotopic (exact) mass is 530 g/mol. The van der Waals surface area contributed by atoms with Crippen LogP contribution in [0.15, 0.2) is 84.9 Å². The standard InChI is InChI=1S/C29H27ClN4O2S/c1-19(20-8-4-2-5-9-20)34(28(36)25-18-24(25)21-10-6-3-7-11-21)17-16-26(35)31-29-33-32-27(37-29)22-12-14-23(30)15-13-22/h2-15,19,24-25H,16-18H2,1H3,(H,31,33,35)/t19-,24+,25-/m1/s1. The van der Waals surface area contributed by atoms with Crippen molar-refractivity contribution >= 4 is 39.9 Å². The number of hydrogen-bond donors (Lipinski definition) is 1. The number of rotatable bonds is 9. The van der Waals surface area contributed by atoms with Crippen LogP contribution in [0.25, 0.3) is 10.6 Å². The van der Waals surface area contributed by atoms with Gasteiger partial charge in [0.15, 0.2) is 0 Å². The van der Waals surface area contributed by atoms with Crippen LogP contribution in [0, 0.1) is 5.92 Å². The van der Waals surface area contributed by atoms with Gasteiger partial charge < -0.3 is 10.2 Å². The molecule has 0 bridgehead atoms. The number of benzene rings is 3. The minimum absolute atomic E-state index is 0.0540. The Kier molecular flexibility index (Phi) is 7.63. The van der Waals surface area contributed by atoms with E-state index in [1.54, 1.807) is 12.1 Å². The number of halogens is 1. The first kappa shape index (κ1) is 25.1. The minimum atomic E-state index is -0.202. The molecule has 6 nitrogen and oxygen atoms in total. The van der Waals surface area contributed by atoms with Gasteiger partial charge in [-0.1, -0.05) is 95.7 Å². The van der Waals surface area contributed by atoms with Gasteiger partial charge in [-0.15, -0.1) is 10.2 Å². The molecule has 0 unspecified atom stereocenters. The van der Waals surface area contributed by atoms with Gasteiger partial charge in [0.25, 0.3) is 0 Å². The molecule has 1 saturated carbocycles. The highest BCUT2D eigenvalue weighted by atomic mass is 35.5. The summed E-state index contributed by atoms with van der Waals surface area (Å²) in [5, 5.41) is 12.9. The molecule has 1 heterocycles. The molecule has 188 valence electrons.